The van der Waals surface area contributed by atoms with E-state index in [1.165, 1.54) is 5.56 Å². The van der Waals surface area contributed by atoms with Gasteiger partial charge in [-0.25, -0.2) is 0 Å². The summed E-state index contributed by atoms with van der Waals surface area (Å²) in [6.07, 6.45) is 0.427. The first-order valence-corrected chi connectivity index (χ1v) is 9.97. The lowest BCUT2D eigenvalue weighted by Crippen LogP contribution is -2.51. The van der Waals surface area contributed by atoms with Crippen molar-refractivity contribution in [1.82, 2.24) is 4.90 Å². The van der Waals surface area contributed by atoms with Gasteiger partial charge in [0.1, 0.15) is 19.0 Å². The SMILES string of the molecule is COc1ccc2c(c1)[C@H](O)[C@H](N1CCN(c3cccc4c3OCCO4)CC1)C2. The maximum absolute atomic E-state index is 10.9. The minimum atomic E-state index is -0.460. The van der Waals surface area contributed by atoms with Crippen molar-refractivity contribution in [2.75, 3.05) is 51.4 Å². The standard InChI is InChI=1S/C22H26N2O4/c1-26-16-6-5-15-13-19(21(25)17(15)14-16)24-9-7-23(8-10-24)18-3-2-4-20-22(18)28-12-11-27-20/h2-6,14,19,21,25H,7-13H2,1H3/t19-,21+/m1/s1. The number of nitrogens with zero attached hydrogens (tertiary/aromatic N) is 2. The van der Waals surface area contributed by atoms with Gasteiger partial charge in [-0.2, -0.15) is 0 Å². The zero-order chi connectivity index (χ0) is 19.1. The third-order valence-electron chi connectivity index (χ3n) is 6.13. The summed E-state index contributed by atoms with van der Waals surface area (Å²) >= 11 is 0. The molecule has 0 saturated carbocycles. The van der Waals surface area contributed by atoms with Crippen LogP contribution in [0.1, 0.15) is 17.2 Å². The molecule has 0 unspecified atom stereocenters. The van der Waals surface area contributed by atoms with Crippen molar-refractivity contribution in [3.8, 4) is 17.2 Å². The van der Waals surface area contributed by atoms with Crippen molar-refractivity contribution in [3.63, 3.8) is 0 Å². The summed E-state index contributed by atoms with van der Waals surface area (Å²) in [6.45, 7) is 4.84. The van der Waals surface area contributed by atoms with Crippen molar-refractivity contribution >= 4 is 5.69 Å². The smallest absolute Gasteiger partial charge is 0.184 e. The molecule has 0 radical (unpaired) electrons. The third kappa shape index (κ3) is 2.97. The van der Waals surface area contributed by atoms with Gasteiger partial charge in [-0.05, 0) is 41.8 Å². The Bertz CT molecular complexity index is 864. The number of hydrogen-bond donors (Lipinski definition) is 1. The Balaban J connectivity index is 1.28. The predicted octanol–water partition coefficient (Wildman–Crippen LogP) is 2.25. The molecule has 2 aromatic carbocycles. The van der Waals surface area contributed by atoms with Crippen LogP contribution in [0.5, 0.6) is 17.2 Å². The van der Waals surface area contributed by atoms with E-state index >= 15 is 0 Å². The summed E-state index contributed by atoms with van der Waals surface area (Å²) in [4.78, 5) is 4.78. The summed E-state index contributed by atoms with van der Waals surface area (Å²) < 4.78 is 16.9. The number of ether oxygens (including phenoxy) is 3. The van der Waals surface area contributed by atoms with Crippen molar-refractivity contribution in [2.45, 2.75) is 18.6 Å². The van der Waals surface area contributed by atoms with Gasteiger partial charge in [0.05, 0.1) is 18.9 Å². The van der Waals surface area contributed by atoms with E-state index in [-0.39, 0.29) is 6.04 Å². The molecule has 0 amide bonds. The number of fused-ring (bicyclic) bond motifs is 2. The molecule has 0 bridgehead atoms. The van der Waals surface area contributed by atoms with Crippen molar-refractivity contribution in [3.05, 3.63) is 47.5 Å². The van der Waals surface area contributed by atoms with Crippen LogP contribution in [0.25, 0.3) is 0 Å². The molecule has 6 nitrogen and oxygen atoms in total. The van der Waals surface area contributed by atoms with E-state index in [2.05, 4.69) is 21.9 Å². The average molecular weight is 382 g/mol. The molecule has 2 heterocycles. The topological polar surface area (TPSA) is 54.4 Å². The minimum absolute atomic E-state index is 0.133. The molecule has 28 heavy (non-hydrogen) atoms. The Morgan fingerprint density at radius 3 is 2.68 bits per heavy atom. The molecular weight excluding hydrogens is 356 g/mol. The molecule has 3 aliphatic rings. The Morgan fingerprint density at radius 1 is 1.04 bits per heavy atom. The summed E-state index contributed by atoms with van der Waals surface area (Å²) in [5.74, 6) is 2.50. The van der Waals surface area contributed by atoms with E-state index in [0.717, 1.165) is 61.1 Å². The molecule has 0 aromatic heterocycles. The number of hydrogen-bond acceptors (Lipinski definition) is 6. The zero-order valence-electron chi connectivity index (χ0n) is 16.1. The van der Waals surface area contributed by atoms with E-state index in [1.54, 1.807) is 7.11 Å². The number of benzene rings is 2. The Kier molecular flexibility index (Phi) is 4.53. The van der Waals surface area contributed by atoms with Crippen LogP contribution in [0.4, 0.5) is 5.69 Å². The number of rotatable bonds is 3. The van der Waals surface area contributed by atoms with E-state index < -0.39 is 6.10 Å². The fourth-order valence-corrected chi connectivity index (χ4v) is 4.64. The fourth-order valence-electron chi connectivity index (χ4n) is 4.64. The Morgan fingerprint density at radius 2 is 1.86 bits per heavy atom. The second kappa shape index (κ2) is 7.18. The first kappa shape index (κ1) is 17.6. The van der Waals surface area contributed by atoms with E-state index in [9.17, 15) is 5.11 Å². The van der Waals surface area contributed by atoms with E-state index in [4.69, 9.17) is 14.2 Å². The van der Waals surface area contributed by atoms with Crippen molar-refractivity contribution in [1.29, 1.82) is 0 Å². The Labute approximate surface area is 165 Å². The van der Waals surface area contributed by atoms with Gasteiger partial charge in [0.15, 0.2) is 11.5 Å². The molecule has 1 aliphatic carbocycles. The molecule has 6 heteroatoms. The molecule has 2 atom stereocenters. The van der Waals surface area contributed by atoms with Crippen LogP contribution in [-0.4, -0.2) is 62.6 Å². The van der Waals surface area contributed by atoms with Gasteiger partial charge in [0.2, 0.25) is 0 Å². The normalized spacial score (nSPS) is 24.1. The maximum atomic E-state index is 10.9. The van der Waals surface area contributed by atoms with Gasteiger partial charge in [0, 0.05) is 32.2 Å². The number of anilines is 1. The minimum Gasteiger partial charge on any atom is -0.497 e. The summed E-state index contributed by atoms with van der Waals surface area (Å²) in [5.41, 5.74) is 3.34. The highest BCUT2D eigenvalue weighted by molar-refractivity contribution is 5.65. The zero-order valence-corrected chi connectivity index (χ0v) is 16.1. The first-order valence-electron chi connectivity index (χ1n) is 9.97. The van der Waals surface area contributed by atoms with Gasteiger partial charge in [0.25, 0.3) is 0 Å². The van der Waals surface area contributed by atoms with E-state index in [0.29, 0.717) is 13.2 Å². The van der Waals surface area contributed by atoms with Crippen LogP contribution in [0, 0.1) is 0 Å². The lowest BCUT2D eigenvalue weighted by Gasteiger charge is -2.40. The third-order valence-corrected chi connectivity index (χ3v) is 6.13. The van der Waals surface area contributed by atoms with Crippen LogP contribution < -0.4 is 19.1 Å². The largest absolute Gasteiger partial charge is 0.497 e. The van der Waals surface area contributed by atoms with Crippen LogP contribution >= 0.6 is 0 Å². The summed E-state index contributed by atoms with van der Waals surface area (Å²) in [6, 6.07) is 12.3. The first-order chi connectivity index (χ1) is 13.7. The number of para-hydroxylation sites is 1. The molecule has 2 aliphatic heterocycles. The maximum Gasteiger partial charge on any atom is 0.184 e. The second-order valence-electron chi connectivity index (χ2n) is 7.61. The summed E-state index contributed by atoms with van der Waals surface area (Å²) in [7, 11) is 1.66. The van der Waals surface area contributed by atoms with E-state index in [1.807, 2.05) is 24.3 Å². The van der Waals surface area contributed by atoms with Gasteiger partial charge >= 0.3 is 0 Å². The number of aliphatic hydroxyl groups is 1. The van der Waals surface area contributed by atoms with Crippen molar-refractivity contribution in [2.24, 2.45) is 0 Å². The Hall–Kier alpha value is -2.44. The summed E-state index contributed by atoms with van der Waals surface area (Å²) in [5, 5.41) is 10.9. The molecule has 5 rings (SSSR count). The molecule has 0 spiro atoms. The van der Waals surface area contributed by atoms with Gasteiger partial charge in [-0.15, -0.1) is 0 Å². The molecule has 2 aromatic rings. The number of methoxy groups -OCH3 is 1. The molecule has 1 fully saturated rings. The predicted molar refractivity (Wildman–Crippen MR) is 107 cm³/mol. The van der Waals surface area contributed by atoms with Crippen LogP contribution in [0.2, 0.25) is 0 Å². The average Bonchev–Trinajstić information content (AvgIpc) is 3.09. The fraction of sp³-hybridized carbons (Fsp3) is 0.455. The van der Waals surface area contributed by atoms with Crippen molar-refractivity contribution < 1.29 is 19.3 Å². The van der Waals surface area contributed by atoms with Crippen LogP contribution in [0.3, 0.4) is 0 Å². The molecule has 1 saturated heterocycles. The van der Waals surface area contributed by atoms with Crippen LogP contribution in [-0.2, 0) is 6.42 Å². The van der Waals surface area contributed by atoms with Crippen LogP contribution in [0.15, 0.2) is 36.4 Å². The highest BCUT2D eigenvalue weighted by Gasteiger charge is 2.37. The van der Waals surface area contributed by atoms with Gasteiger partial charge < -0.3 is 24.2 Å². The molecular formula is C22H26N2O4. The lowest BCUT2D eigenvalue weighted by atomic mass is 10.1. The highest BCUT2D eigenvalue weighted by atomic mass is 16.6. The highest BCUT2D eigenvalue weighted by Crippen LogP contribution is 2.41. The second-order valence-corrected chi connectivity index (χ2v) is 7.61. The van der Waals surface area contributed by atoms with Gasteiger partial charge in [-0.3, -0.25) is 4.90 Å². The van der Waals surface area contributed by atoms with Gasteiger partial charge in [-0.1, -0.05) is 12.1 Å². The number of piperazine rings is 1. The lowest BCUT2D eigenvalue weighted by molar-refractivity contribution is 0.0570. The monoisotopic (exact) mass is 382 g/mol. The molecule has 1 N–H and O–H groups in total. The quantitative estimate of drug-likeness (QED) is 0.879. The molecule has 148 valence electrons. The number of aliphatic hydroxyl groups excluding tert-OH is 1.